The quantitative estimate of drug-likeness (QED) is 0.712. The second-order valence-electron chi connectivity index (χ2n) is 4.43. The Bertz CT molecular complexity index is 405. The van der Waals surface area contributed by atoms with Gasteiger partial charge in [-0.05, 0) is 30.0 Å². The Kier molecular flexibility index (Phi) is 2.66. The van der Waals surface area contributed by atoms with E-state index in [2.05, 4.69) is 35.2 Å². The van der Waals surface area contributed by atoms with Crippen molar-refractivity contribution in [3.05, 3.63) is 41.1 Å². The van der Waals surface area contributed by atoms with Gasteiger partial charge in [0.05, 0.1) is 13.2 Å². The summed E-state index contributed by atoms with van der Waals surface area (Å²) in [7, 11) is 0. The first kappa shape index (κ1) is 9.91. The standard InChI is InChI=1S/C14H17NO/c1-2-4-13-11-14(6-5-12(13)3-1)15-7-9-16-10-8-15/h1-4,11H,5-10H2. The van der Waals surface area contributed by atoms with Crippen LogP contribution in [0.5, 0.6) is 0 Å². The lowest BCUT2D eigenvalue weighted by molar-refractivity contribution is 0.0525. The number of nitrogens with zero attached hydrogens (tertiary/aromatic N) is 1. The van der Waals surface area contributed by atoms with Crippen LogP contribution < -0.4 is 0 Å². The maximum Gasteiger partial charge on any atom is 0.0642 e. The SMILES string of the molecule is C1=C(N2CCOCC2)CCc2ccccc21. The van der Waals surface area contributed by atoms with Crippen LogP contribution in [0.25, 0.3) is 6.08 Å². The van der Waals surface area contributed by atoms with Crippen molar-refractivity contribution in [3.8, 4) is 0 Å². The summed E-state index contributed by atoms with van der Waals surface area (Å²) in [4.78, 5) is 2.47. The molecule has 0 amide bonds. The molecule has 3 rings (SSSR count). The van der Waals surface area contributed by atoms with Gasteiger partial charge in [0.2, 0.25) is 0 Å². The fourth-order valence-corrected chi connectivity index (χ4v) is 2.52. The van der Waals surface area contributed by atoms with Crippen LogP contribution in [-0.4, -0.2) is 31.2 Å². The molecule has 1 fully saturated rings. The summed E-state index contributed by atoms with van der Waals surface area (Å²) in [6, 6.07) is 8.71. The van der Waals surface area contributed by atoms with Crippen molar-refractivity contribution in [2.24, 2.45) is 0 Å². The molecule has 0 N–H and O–H groups in total. The fraction of sp³-hybridized carbons (Fsp3) is 0.429. The van der Waals surface area contributed by atoms with E-state index in [0.717, 1.165) is 26.3 Å². The summed E-state index contributed by atoms with van der Waals surface area (Å²) in [6.07, 6.45) is 4.71. The van der Waals surface area contributed by atoms with E-state index >= 15 is 0 Å². The Labute approximate surface area is 96.5 Å². The normalized spacial score (nSPS) is 20.2. The summed E-state index contributed by atoms with van der Waals surface area (Å²) in [5, 5.41) is 0. The minimum absolute atomic E-state index is 0.874. The molecule has 0 unspecified atom stereocenters. The summed E-state index contributed by atoms with van der Waals surface area (Å²) < 4.78 is 5.39. The molecule has 1 aromatic rings. The maximum atomic E-state index is 5.39. The lowest BCUT2D eigenvalue weighted by Crippen LogP contribution is -2.36. The molecule has 2 nitrogen and oxygen atoms in total. The predicted octanol–water partition coefficient (Wildman–Crippen LogP) is 2.31. The number of hydrogen-bond donors (Lipinski definition) is 0. The first-order chi connectivity index (χ1) is 7.93. The highest BCUT2D eigenvalue weighted by atomic mass is 16.5. The molecule has 0 spiro atoms. The van der Waals surface area contributed by atoms with Crippen LogP contribution >= 0.6 is 0 Å². The fourth-order valence-electron chi connectivity index (χ4n) is 2.52. The number of benzene rings is 1. The number of fused-ring (bicyclic) bond motifs is 1. The molecule has 16 heavy (non-hydrogen) atoms. The van der Waals surface area contributed by atoms with Gasteiger partial charge in [0.1, 0.15) is 0 Å². The zero-order chi connectivity index (χ0) is 10.8. The highest BCUT2D eigenvalue weighted by Crippen LogP contribution is 2.26. The molecule has 0 atom stereocenters. The molecule has 84 valence electrons. The van der Waals surface area contributed by atoms with E-state index in [0.29, 0.717) is 0 Å². The van der Waals surface area contributed by atoms with Gasteiger partial charge in [-0.3, -0.25) is 0 Å². The van der Waals surface area contributed by atoms with Crippen molar-refractivity contribution in [2.75, 3.05) is 26.3 Å². The highest BCUT2D eigenvalue weighted by molar-refractivity contribution is 5.59. The van der Waals surface area contributed by atoms with Gasteiger partial charge in [-0.25, -0.2) is 0 Å². The van der Waals surface area contributed by atoms with E-state index < -0.39 is 0 Å². The molecule has 0 aromatic heterocycles. The zero-order valence-electron chi connectivity index (χ0n) is 9.48. The van der Waals surface area contributed by atoms with E-state index in [1.807, 2.05) is 0 Å². The molecule has 1 aliphatic heterocycles. The maximum absolute atomic E-state index is 5.39. The molecule has 1 aromatic carbocycles. The Hall–Kier alpha value is -1.28. The highest BCUT2D eigenvalue weighted by Gasteiger charge is 2.17. The molecule has 0 radical (unpaired) electrons. The summed E-state index contributed by atoms with van der Waals surface area (Å²) in [5.41, 5.74) is 4.37. The van der Waals surface area contributed by atoms with Gasteiger partial charge in [-0.1, -0.05) is 24.3 Å². The van der Waals surface area contributed by atoms with Crippen molar-refractivity contribution < 1.29 is 4.74 Å². The zero-order valence-corrected chi connectivity index (χ0v) is 9.48. The third-order valence-electron chi connectivity index (χ3n) is 3.44. The van der Waals surface area contributed by atoms with Gasteiger partial charge in [-0.2, -0.15) is 0 Å². The number of hydrogen-bond acceptors (Lipinski definition) is 2. The van der Waals surface area contributed by atoms with Crippen LogP contribution in [0.1, 0.15) is 17.5 Å². The van der Waals surface area contributed by atoms with E-state index in [9.17, 15) is 0 Å². The third-order valence-corrected chi connectivity index (χ3v) is 3.44. The van der Waals surface area contributed by atoms with Crippen LogP contribution in [0.2, 0.25) is 0 Å². The molecule has 1 aliphatic carbocycles. The topological polar surface area (TPSA) is 12.5 Å². The van der Waals surface area contributed by atoms with Gasteiger partial charge in [0.15, 0.2) is 0 Å². The van der Waals surface area contributed by atoms with E-state index in [-0.39, 0.29) is 0 Å². The lowest BCUT2D eigenvalue weighted by atomic mass is 9.95. The minimum atomic E-state index is 0.874. The summed E-state index contributed by atoms with van der Waals surface area (Å²) >= 11 is 0. The van der Waals surface area contributed by atoms with E-state index in [4.69, 9.17) is 4.74 Å². The third kappa shape index (κ3) is 1.85. The molecular formula is C14H17NO. The summed E-state index contributed by atoms with van der Waals surface area (Å²) in [5.74, 6) is 0. The van der Waals surface area contributed by atoms with Crippen LogP contribution in [-0.2, 0) is 11.2 Å². The van der Waals surface area contributed by atoms with Crippen molar-refractivity contribution in [1.82, 2.24) is 4.90 Å². The Balaban J connectivity index is 1.85. The van der Waals surface area contributed by atoms with Crippen LogP contribution in [0.15, 0.2) is 30.0 Å². The molecule has 1 heterocycles. The van der Waals surface area contributed by atoms with Crippen LogP contribution in [0.4, 0.5) is 0 Å². The molecule has 0 saturated carbocycles. The average molecular weight is 215 g/mol. The molecular weight excluding hydrogens is 198 g/mol. The number of morpholine rings is 1. The molecule has 2 aliphatic rings. The average Bonchev–Trinajstić information content (AvgIpc) is 2.39. The van der Waals surface area contributed by atoms with E-state index in [1.165, 1.54) is 29.7 Å². The van der Waals surface area contributed by atoms with E-state index in [1.54, 1.807) is 0 Å². The van der Waals surface area contributed by atoms with Crippen molar-refractivity contribution >= 4 is 6.08 Å². The molecule has 0 bridgehead atoms. The van der Waals surface area contributed by atoms with Gasteiger partial charge >= 0.3 is 0 Å². The van der Waals surface area contributed by atoms with Gasteiger partial charge in [-0.15, -0.1) is 0 Å². The smallest absolute Gasteiger partial charge is 0.0642 e. The second kappa shape index (κ2) is 4.30. The van der Waals surface area contributed by atoms with Crippen molar-refractivity contribution in [3.63, 3.8) is 0 Å². The number of rotatable bonds is 1. The van der Waals surface area contributed by atoms with Gasteiger partial charge in [0.25, 0.3) is 0 Å². The largest absolute Gasteiger partial charge is 0.378 e. The van der Waals surface area contributed by atoms with Crippen molar-refractivity contribution in [1.29, 1.82) is 0 Å². The van der Waals surface area contributed by atoms with Gasteiger partial charge < -0.3 is 9.64 Å². The van der Waals surface area contributed by atoms with Gasteiger partial charge in [0, 0.05) is 18.8 Å². The predicted molar refractivity (Wildman–Crippen MR) is 65.1 cm³/mol. The van der Waals surface area contributed by atoms with Crippen LogP contribution in [0, 0.1) is 0 Å². The minimum Gasteiger partial charge on any atom is -0.378 e. The first-order valence-corrected chi connectivity index (χ1v) is 6.05. The number of aryl methyl sites for hydroxylation is 1. The Morgan fingerprint density at radius 2 is 1.81 bits per heavy atom. The molecule has 1 saturated heterocycles. The molecule has 2 heteroatoms. The second-order valence-corrected chi connectivity index (χ2v) is 4.43. The Morgan fingerprint density at radius 3 is 2.69 bits per heavy atom. The lowest BCUT2D eigenvalue weighted by Gasteiger charge is -2.33. The monoisotopic (exact) mass is 215 g/mol. The van der Waals surface area contributed by atoms with Crippen LogP contribution in [0.3, 0.4) is 0 Å². The number of ether oxygens (including phenoxy) is 1. The Morgan fingerprint density at radius 1 is 1.00 bits per heavy atom. The van der Waals surface area contributed by atoms with Crippen molar-refractivity contribution in [2.45, 2.75) is 12.8 Å². The number of allylic oxidation sites excluding steroid dienone is 1. The summed E-state index contributed by atoms with van der Waals surface area (Å²) in [6.45, 7) is 3.85. The first-order valence-electron chi connectivity index (χ1n) is 6.05.